The molecule has 0 aliphatic heterocycles. The van der Waals surface area contributed by atoms with Gasteiger partial charge in [0.15, 0.2) is 0 Å². The lowest BCUT2D eigenvalue weighted by molar-refractivity contribution is 0.829. The SMILES string of the molecule is CCCNc1cc(C(C)C)nc2c(Cl)cccc12. The zero-order chi connectivity index (χ0) is 13.1. The summed E-state index contributed by atoms with van der Waals surface area (Å²) >= 11 is 6.25. The number of para-hydroxylation sites is 1. The number of aromatic nitrogens is 1. The third-order valence-electron chi connectivity index (χ3n) is 2.97. The average molecular weight is 263 g/mol. The molecule has 1 aromatic heterocycles. The Bertz CT molecular complexity index is 549. The van der Waals surface area contributed by atoms with Crippen LogP contribution in [0.25, 0.3) is 10.9 Å². The predicted octanol–water partition coefficient (Wildman–Crippen LogP) is 4.83. The highest BCUT2D eigenvalue weighted by atomic mass is 35.5. The van der Waals surface area contributed by atoms with E-state index < -0.39 is 0 Å². The van der Waals surface area contributed by atoms with Gasteiger partial charge in [0.25, 0.3) is 0 Å². The van der Waals surface area contributed by atoms with Crippen molar-refractivity contribution in [1.29, 1.82) is 0 Å². The Morgan fingerprint density at radius 1 is 1.33 bits per heavy atom. The van der Waals surface area contributed by atoms with Gasteiger partial charge in [0.2, 0.25) is 0 Å². The van der Waals surface area contributed by atoms with Crippen LogP contribution in [0.15, 0.2) is 24.3 Å². The van der Waals surface area contributed by atoms with E-state index in [9.17, 15) is 0 Å². The van der Waals surface area contributed by atoms with Crippen LogP contribution in [0.3, 0.4) is 0 Å². The number of pyridine rings is 1. The van der Waals surface area contributed by atoms with Crippen LogP contribution < -0.4 is 5.32 Å². The monoisotopic (exact) mass is 262 g/mol. The van der Waals surface area contributed by atoms with E-state index in [1.165, 1.54) is 0 Å². The number of hydrogen-bond donors (Lipinski definition) is 1. The van der Waals surface area contributed by atoms with Crippen molar-refractivity contribution in [2.24, 2.45) is 0 Å². The molecule has 0 unspecified atom stereocenters. The molecule has 0 atom stereocenters. The summed E-state index contributed by atoms with van der Waals surface area (Å²) in [7, 11) is 0. The number of benzene rings is 1. The zero-order valence-corrected chi connectivity index (χ0v) is 11.9. The van der Waals surface area contributed by atoms with Crippen molar-refractivity contribution in [1.82, 2.24) is 4.98 Å². The average Bonchev–Trinajstić information content (AvgIpc) is 2.36. The number of rotatable bonds is 4. The van der Waals surface area contributed by atoms with E-state index in [-0.39, 0.29) is 0 Å². The van der Waals surface area contributed by atoms with E-state index in [4.69, 9.17) is 11.6 Å². The minimum Gasteiger partial charge on any atom is -0.384 e. The zero-order valence-electron chi connectivity index (χ0n) is 11.1. The van der Waals surface area contributed by atoms with Crippen LogP contribution in [0, 0.1) is 0 Å². The molecule has 1 heterocycles. The molecule has 18 heavy (non-hydrogen) atoms. The van der Waals surface area contributed by atoms with E-state index in [0.717, 1.165) is 40.3 Å². The van der Waals surface area contributed by atoms with E-state index in [0.29, 0.717) is 5.92 Å². The van der Waals surface area contributed by atoms with E-state index >= 15 is 0 Å². The van der Waals surface area contributed by atoms with E-state index in [1.807, 2.05) is 12.1 Å². The van der Waals surface area contributed by atoms with E-state index in [1.54, 1.807) is 0 Å². The first-order valence-electron chi connectivity index (χ1n) is 6.46. The van der Waals surface area contributed by atoms with Crippen molar-refractivity contribution >= 4 is 28.2 Å². The molecular formula is C15H19ClN2. The van der Waals surface area contributed by atoms with Gasteiger partial charge >= 0.3 is 0 Å². The largest absolute Gasteiger partial charge is 0.384 e. The number of anilines is 1. The van der Waals surface area contributed by atoms with Gasteiger partial charge in [-0.2, -0.15) is 0 Å². The molecule has 0 aliphatic rings. The summed E-state index contributed by atoms with van der Waals surface area (Å²) in [6.45, 7) is 7.42. The fraction of sp³-hybridized carbons (Fsp3) is 0.400. The lowest BCUT2D eigenvalue weighted by atomic mass is 10.1. The standard InChI is InChI=1S/C15H19ClN2/c1-4-8-17-14-9-13(10(2)3)18-15-11(14)6-5-7-12(15)16/h5-7,9-10H,4,8H2,1-3H3,(H,17,18). The van der Waals surface area contributed by atoms with Gasteiger partial charge in [-0.3, -0.25) is 4.98 Å². The third-order valence-corrected chi connectivity index (χ3v) is 3.27. The molecule has 96 valence electrons. The first kappa shape index (κ1) is 13.2. The Hall–Kier alpha value is -1.28. The Morgan fingerprint density at radius 3 is 2.78 bits per heavy atom. The smallest absolute Gasteiger partial charge is 0.0912 e. The van der Waals surface area contributed by atoms with Gasteiger partial charge < -0.3 is 5.32 Å². The van der Waals surface area contributed by atoms with Crippen LogP contribution in [0.4, 0.5) is 5.69 Å². The first-order chi connectivity index (χ1) is 8.63. The van der Waals surface area contributed by atoms with Gasteiger partial charge in [-0.15, -0.1) is 0 Å². The predicted molar refractivity (Wildman–Crippen MR) is 79.6 cm³/mol. The van der Waals surface area contributed by atoms with Crippen molar-refractivity contribution in [3.8, 4) is 0 Å². The summed E-state index contributed by atoms with van der Waals surface area (Å²) in [6, 6.07) is 8.07. The number of hydrogen-bond acceptors (Lipinski definition) is 2. The van der Waals surface area contributed by atoms with Crippen LogP contribution in [-0.4, -0.2) is 11.5 Å². The summed E-state index contributed by atoms with van der Waals surface area (Å²) in [6.07, 6.45) is 1.10. The molecule has 0 bridgehead atoms. The van der Waals surface area contributed by atoms with Gasteiger partial charge in [0, 0.05) is 23.3 Å². The lowest BCUT2D eigenvalue weighted by Gasteiger charge is -2.13. The fourth-order valence-corrected chi connectivity index (χ4v) is 2.15. The number of halogens is 1. The summed E-state index contributed by atoms with van der Waals surface area (Å²) in [5.74, 6) is 0.396. The minimum atomic E-state index is 0.396. The molecular weight excluding hydrogens is 244 g/mol. The molecule has 2 aromatic rings. The maximum atomic E-state index is 6.25. The maximum Gasteiger partial charge on any atom is 0.0912 e. The molecule has 0 amide bonds. The van der Waals surface area contributed by atoms with Gasteiger partial charge in [0.05, 0.1) is 10.5 Å². The first-order valence-corrected chi connectivity index (χ1v) is 6.84. The van der Waals surface area contributed by atoms with Crippen LogP contribution in [0.1, 0.15) is 38.8 Å². The summed E-state index contributed by atoms with van der Waals surface area (Å²) in [4.78, 5) is 4.67. The molecule has 1 aromatic carbocycles. The van der Waals surface area contributed by atoms with Crippen LogP contribution in [-0.2, 0) is 0 Å². The lowest BCUT2D eigenvalue weighted by Crippen LogP contribution is -2.03. The van der Waals surface area contributed by atoms with Gasteiger partial charge in [-0.1, -0.05) is 44.5 Å². The second-order valence-corrected chi connectivity index (χ2v) is 5.22. The van der Waals surface area contributed by atoms with Crippen molar-refractivity contribution in [3.05, 3.63) is 35.0 Å². The third kappa shape index (κ3) is 2.59. The molecule has 2 nitrogen and oxygen atoms in total. The quantitative estimate of drug-likeness (QED) is 0.853. The molecule has 0 radical (unpaired) electrons. The molecule has 0 saturated carbocycles. The van der Waals surface area contributed by atoms with Gasteiger partial charge in [-0.05, 0) is 24.5 Å². The number of fused-ring (bicyclic) bond motifs is 1. The van der Waals surface area contributed by atoms with E-state index in [2.05, 4.69) is 43.2 Å². The van der Waals surface area contributed by atoms with Crippen molar-refractivity contribution in [2.45, 2.75) is 33.1 Å². The maximum absolute atomic E-state index is 6.25. The fourth-order valence-electron chi connectivity index (χ4n) is 1.94. The molecule has 0 fully saturated rings. The minimum absolute atomic E-state index is 0.396. The van der Waals surface area contributed by atoms with Crippen molar-refractivity contribution in [3.63, 3.8) is 0 Å². The van der Waals surface area contributed by atoms with Crippen LogP contribution in [0.2, 0.25) is 5.02 Å². The molecule has 0 saturated heterocycles. The Morgan fingerprint density at radius 2 is 2.11 bits per heavy atom. The van der Waals surface area contributed by atoms with Gasteiger partial charge in [0.1, 0.15) is 0 Å². The Balaban J connectivity index is 2.61. The Kier molecular flexibility index (Phi) is 4.07. The molecule has 0 spiro atoms. The summed E-state index contributed by atoms with van der Waals surface area (Å²) < 4.78 is 0. The molecule has 0 aliphatic carbocycles. The second kappa shape index (κ2) is 5.57. The number of nitrogens with one attached hydrogen (secondary N) is 1. The number of nitrogens with zero attached hydrogens (tertiary/aromatic N) is 1. The highest BCUT2D eigenvalue weighted by molar-refractivity contribution is 6.35. The van der Waals surface area contributed by atoms with Gasteiger partial charge in [-0.25, -0.2) is 0 Å². The second-order valence-electron chi connectivity index (χ2n) is 4.81. The topological polar surface area (TPSA) is 24.9 Å². The van der Waals surface area contributed by atoms with Crippen molar-refractivity contribution in [2.75, 3.05) is 11.9 Å². The molecule has 2 rings (SSSR count). The summed E-state index contributed by atoms with van der Waals surface area (Å²) in [5, 5.41) is 5.28. The molecule has 1 N–H and O–H groups in total. The van der Waals surface area contributed by atoms with Crippen LogP contribution >= 0.6 is 11.6 Å². The summed E-state index contributed by atoms with van der Waals surface area (Å²) in [5.41, 5.74) is 3.10. The van der Waals surface area contributed by atoms with Crippen molar-refractivity contribution < 1.29 is 0 Å². The Labute approximate surface area is 113 Å². The van der Waals surface area contributed by atoms with Crippen LogP contribution in [0.5, 0.6) is 0 Å². The highest BCUT2D eigenvalue weighted by Gasteiger charge is 2.10. The highest BCUT2D eigenvalue weighted by Crippen LogP contribution is 2.30. The molecule has 3 heteroatoms. The normalized spacial score (nSPS) is 11.2.